The molecular formula is C21H20ClN3O2. The molecule has 0 unspecified atom stereocenters. The largest absolute Gasteiger partial charge is 0.339 e. The van der Waals surface area contributed by atoms with E-state index in [1.807, 2.05) is 35.2 Å². The Kier molecular flexibility index (Phi) is 6.10. The smallest absolute Gasteiger partial charge is 0.254 e. The van der Waals surface area contributed by atoms with Gasteiger partial charge in [-0.1, -0.05) is 29.8 Å². The van der Waals surface area contributed by atoms with Crippen molar-refractivity contribution in [2.75, 3.05) is 26.2 Å². The molecule has 5 nitrogen and oxygen atoms in total. The molecule has 2 aromatic rings. The second-order valence-electron chi connectivity index (χ2n) is 6.49. The first-order chi connectivity index (χ1) is 13.1. The van der Waals surface area contributed by atoms with Gasteiger partial charge in [0.1, 0.15) is 0 Å². The first-order valence-corrected chi connectivity index (χ1v) is 9.26. The van der Waals surface area contributed by atoms with Gasteiger partial charge in [-0.3, -0.25) is 9.59 Å². The van der Waals surface area contributed by atoms with Crippen LogP contribution in [0.25, 0.3) is 0 Å². The Morgan fingerprint density at radius 1 is 1.00 bits per heavy atom. The van der Waals surface area contributed by atoms with Crippen LogP contribution in [-0.2, 0) is 11.2 Å². The maximum absolute atomic E-state index is 12.6. The summed E-state index contributed by atoms with van der Waals surface area (Å²) in [6.07, 6.45) is 1.12. The molecule has 1 aliphatic heterocycles. The standard InChI is InChI=1S/C21H20ClN3O2/c22-19-7-4-16(5-8-19)6-9-20(26)24-10-12-25(13-11-24)21(27)18-3-1-2-17(14-18)15-23/h1-5,7-8,14H,6,9-13H2. The average Bonchev–Trinajstić information content (AvgIpc) is 2.72. The van der Waals surface area contributed by atoms with E-state index in [-0.39, 0.29) is 11.8 Å². The van der Waals surface area contributed by atoms with E-state index in [9.17, 15) is 9.59 Å². The number of piperazine rings is 1. The van der Waals surface area contributed by atoms with Crippen molar-refractivity contribution in [1.29, 1.82) is 5.26 Å². The fourth-order valence-electron chi connectivity index (χ4n) is 3.12. The average molecular weight is 382 g/mol. The number of hydrogen-bond donors (Lipinski definition) is 0. The van der Waals surface area contributed by atoms with E-state index in [1.54, 1.807) is 29.2 Å². The maximum Gasteiger partial charge on any atom is 0.254 e. The molecule has 138 valence electrons. The Morgan fingerprint density at radius 3 is 2.33 bits per heavy atom. The van der Waals surface area contributed by atoms with Gasteiger partial charge in [0.2, 0.25) is 5.91 Å². The second-order valence-corrected chi connectivity index (χ2v) is 6.93. The van der Waals surface area contributed by atoms with Crippen LogP contribution in [0, 0.1) is 11.3 Å². The van der Waals surface area contributed by atoms with Crippen LogP contribution in [0.3, 0.4) is 0 Å². The molecule has 0 saturated carbocycles. The molecule has 0 atom stereocenters. The lowest BCUT2D eigenvalue weighted by atomic mass is 10.1. The Bertz CT molecular complexity index is 866. The van der Waals surface area contributed by atoms with Gasteiger partial charge >= 0.3 is 0 Å². The van der Waals surface area contributed by atoms with Crippen LogP contribution in [0.1, 0.15) is 27.9 Å². The van der Waals surface area contributed by atoms with E-state index in [0.29, 0.717) is 55.2 Å². The Balaban J connectivity index is 1.50. The molecule has 0 spiro atoms. The van der Waals surface area contributed by atoms with Crippen molar-refractivity contribution in [3.05, 3.63) is 70.2 Å². The van der Waals surface area contributed by atoms with E-state index in [4.69, 9.17) is 16.9 Å². The van der Waals surface area contributed by atoms with E-state index in [0.717, 1.165) is 5.56 Å². The Morgan fingerprint density at radius 2 is 1.67 bits per heavy atom. The molecule has 3 rings (SSSR count). The molecule has 2 amide bonds. The van der Waals surface area contributed by atoms with Gasteiger partial charge in [-0.15, -0.1) is 0 Å². The SMILES string of the molecule is N#Cc1cccc(C(=O)N2CCN(C(=O)CCc3ccc(Cl)cc3)CC2)c1. The monoisotopic (exact) mass is 381 g/mol. The fraction of sp³-hybridized carbons (Fsp3) is 0.286. The highest BCUT2D eigenvalue weighted by molar-refractivity contribution is 6.30. The number of carbonyl (C=O) groups is 2. The molecule has 1 heterocycles. The summed E-state index contributed by atoms with van der Waals surface area (Å²) in [5.74, 6) is 0.00360. The quantitative estimate of drug-likeness (QED) is 0.817. The highest BCUT2D eigenvalue weighted by Crippen LogP contribution is 2.14. The van der Waals surface area contributed by atoms with Gasteiger partial charge in [-0.05, 0) is 42.3 Å². The van der Waals surface area contributed by atoms with Crippen molar-refractivity contribution in [2.45, 2.75) is 12.8 Å². The lowest BCUT2D eigenvalue weighted by Gasteiger charge is -2.35. The highest BCUT2D eigenvalue weighted by Gasteiger charge is 2.24. The molecule has 0 radical (unpaired) electrons. The normalized spacial score (nSPS) is 13.9. The highest BCUT2D eigenvalue weighted by atomic mass is 35.5. The molecule has 2 aromatic carbocycles. The van der Waals surface area contributed by atoms with Gasteiger partial charge in [0, 0.05) is 43.2 Å². The minimum Gasteiger partial charge on any atom is -0.339 e. The minimum atomic E-state index is -0.0969. The van der Waals surface area contributed by atoms with Crippen LogP contribution in [0.4, 0.5) is 0 Å². The number of aryl methyl sites for hydroxylation is 1. The van der Waals surface area contributed by atoms with E-state index < -0.39 is 0 Å². The second kappa shape index (κ2) is 8.70. The van der Waals surface area contributed by atoms with Gasteiger partial charge in [-0.25, -0.2) is 0 Å². The van der Waals surface area contributed by atoms with Gasteiger partial charge < -0.3 is 9.80 Å². The van der Waals surface area contributed by atoms with Gasteiger partial charge in [-0.2, -0.15) is 5.26 Å². The lowest BCUT2D eigenvalue weighted by Crippen LogP contribution is -2.50. The summed E-state index contributed by atoms with van der Waals surface area (Å²) in [5.41, 5.74) is 2.06. The summed E-state index contributed by atoms with van der Waals surface area (Å²) in [6, 6.07) is 16.3. The molecule has 0 N–H and O–H groups in total. The molecule has 0 aliphatic carbocycles. The van der Waals surface area contributed by atoms with Crippen molar-refractivity contribution in [1.82, 2.24) is 9.80 Å². The zero-order valence-electron chi connectivity index (χ0n) is 14.9. The number of rotatable bonds is 4. The molecule has 27 heavy (non-hydrogen) atoms. The Labute approximate surface area is 163 Å². The predicted octanol–water partition coefficient (Wildman–Crippen LogP) is 3.13. The zero-order chi connectivity index (χ0) is 19.2. The van der Waals surface area contributed by atoms with Gasteiger partial charge in [0.15, 0.2) is 0 Å². The van der Waals surface area contributed by atoms with Crippen molar-refractivity contribution in [3.63, 3.8) is 0 Å². The molecule has 0 aromatic heterocycles. The number of halogens is 1. The molecule has 1 fully saturated rings. The first-order valence-electron chi connectivity index (χ1n) is 8.88. The van der Waals surface area contributed by atoms with Crippen LogP contribution >= 0.6 is 11.6 Å². The maximum atomic E-state index is 12.6. The lowest BCUT2D eigenvalue weighted by molar-refractivity contribution is -0.132. The summed E-state index contributed by atoms with van der Waals surface area (Å²) in [6.45, 7) is 2.07. The number of hydrogen-bond acceptors (Lipinski definition) is 3. The summed E-state index contributed by atoms with van der Waals surface area (Å²) in [7, 11) is 0. The third kappa shape index (κ3) is 4.87. The topological polar surface area (TPSA) is 64.4 Å². The van der Waals surface area contributed by atoms with Crippen molar-refractivity contribution in [2.24, 2.45) is 0 Å². The summed E-state index contributed by atoms with van der Waals surface area (Å²) in [5, 5.41) is 9.66. The molecule has 0 bridgehead atoms. The third-order valence-corrected chi connectivity index (χ3v) is 4.95. The van der Waals surface area contributed by atoms with E-state index >= 15 is 0 Å². The molecule has 1 aliphatic rings. The van der Waals surface area contributed by atoms with Crippen LogP contribution in [-0.4, -0.2) is 47.8 Å². The number of carbonyl (C=O) groups excluding carboxylic acids is 2. The van der Waals surface area contributed by atoms with Crippen LogP contribution in [0.15, 0.2) is 48.5 Å². The van der Waals surface area contributed by atoms with Crippen molar-refractivity contribution < 1.29 is 9.59 Å². The predicted molar refractivity (Wildman–Crippen MR) is 103 cm³/mol. The summed E-state index contributed by atoms with van der Waals surface area (Å²) in [4.78, 5) is 28.6. The van der Waals surface area contributed by atoms with Crippen LogP contribution in [0.5, 0.6) is 0 Å². The van der Waals surface area contributed by atoms with Crippen LogP contribution < -0.4 is 0 Å². The number of nitrogens with zero attached hydrogens (tertiary/aromatic N) is 3. The van der Waals surface area contributed by atoms with Gasteiger partial charge in [0.05, 0.1) is 11.6 Å². The van der Waals surface area contributed by atoms with Crippen molar-refractivity contribution in [3.8, 4) is 6.07 Å². The minimum absolute atomic E-state index is 0.0969. The third-order valence-electron chi connectivity index (χ3n) is 4.70. The van der Waals surface area contributed by atoms with E-state index in [2.05, 4.69) is 0 Å². The van der Waals surface area contributed by atoms with E-state index in [1.165, 1.54) is 0 Å². The molecule has 6 heteroatoms. The fourth-order valence-corrected chi connectivity index (χ4v) is 3.25. The van der Waals surface area contributed by atoms with Crippen molar-refractivity contribution >= 4 is 23.4 Å². The molecule has 1 saturated heterocycles. The molecular weight excluding hydrogens is 362 g/mol. The first kappa shape index (κ1) is 18.9. The number of amides is 2. The van der Waals surface area contributed by atoms with Crippen LogP contribution in [0.2, 0.25) is 5.02 Å². The zero-order valence-corrected chi connectivity index (χ0v) is 15.7. The number of nitriles is 1. The summed E-state index contributed by atoms with van der Waals surface area (Å²) < 4.78 is 0. The Hall–Kier alpha value is -2.84. The number of benzene rings is 2. The van der Waals surface area contributed by atoms with Gasteiger partial charge in [0.25, 0.3) is 5.91 Å². The summed E-state index contributed by atoms with van der Waals surface area (Å²) >= 11 is 5.87.